The van der Waals surface area contributed by atoms with Crippen LogP contribution in [0.2, 0.25) is 0 Å². The standard InChI is InChI=1S/C14H15N5O/c1-10(14(20)15-8-11-6-7-17-18-11)19-9-16-12-4-2-3-5-13(12)19/h2-7,9-10H,8H2,1H3,(H,15,20)(H,17,18). The van der Waals surface area contributed by atoms with Gasteiger partial charge in [0.05, 0.1) is 29.6 Å². The van der Waals surface area contributed by atoms with Crippen LogP contribution in [0.25, 0.3) is 11.0 Å². The van der Waals surface area contributed by atoms with E-state index in [4.69, 9.17) is 0 Å². The molecule has 1 atom stereocenters. The Hall–Kier alpha value is -2.63. The second-order valence-electron chi connectivity index (χ2n) is 4.62. The Morgan fingerprint density at radius 1 is 1.40 bits per heavy atom. The maximum atomic E-state index is 12.2. The third-order valence-corrected chi connectivity index (χ3v) is 3.29. The number of para-hydroxylation sites is 2. The van der Waals surface area contributed by atoms with Gasteiger partial charge in [0.15, 0.2) is 0 Å². The number of hydrogen-bond donors (Lipinski definition) is 2. The quantitative estimate of drug-likeness (QED) is 0.756. The van der Waals surface area contributed by atoms with Crippen LogP contribution in [0.4, 0.5) is 0 Å². The molecule has 1 aromatic carbocycles. The van der Waals surface area contributed by atoms with Crippen molar-refractivity contribution in [3.63, 3.8) is 0 Å². The average Bonchev–Trinajstić information content (AvgIpc) is 3.13. The maximum Gasteiger partial charge on any atom is 0.243 e. The van der Waals surface area contributed by atoms with Crippen LogP contribution in [-0.4, -0.2) is 25.7 Å². The van der Waals surface area contributed by atoms with E-state index in [9.17, 15) is 4.79 Å². The number of carbonyl (C=O) groups is 1. The molecule has 0 saturated heterocycles. The van der Waals surface area contributed by atoms with Gasteiger partial charge in [-0.3, -0.25) is 9.89 Å². The summed E-state index contributed by atoms with van der Waals surface area (Å²) in [5.74, 6) is -0.0530. The predicted molar refractivity (Wildman–Crippen MR) is 74.9 cm³/mol. The van der Waals surface area contributed by atoms with E-state index in [0.717, 1.165) is 16.7 Å². The van der Waals surface area contributed by atoms with Gasteiger partial charge in [-0.2, -0.15) is 5.10 Å². The molecule has 3 aromatic rings. The SMILES string of the molecule is CC(C(=O)NCc1ccn[nH]1)n1cnc2ccccc21. The molecule has 20 heavy (non-hydrogen) atoms. The van der Waals surface area contributed by atoms with Crippen LogP contribution in [-0.2, 0) is 11.3 Å². The summed E-state index contributed by atoms with van der Waals surface area (Å²) in [5.41, 5.74) is 2.72. The lowest BCUT2D eigenvalue weighted by Crippen LogP contribution is -2.30. The average molecular weight is 269 g/mol. The fourth-order valence-electron chi connectivity index (χ4n) is 2.13. The van der Waals surface area contributed by atoms with E-state index in [1.807, 2.05) is 41.8 Å². The minimum atomic E-state index is -0.315. The summed E-state index contributed by atoms with van der Waals surface area (Å²) in [7, 11) is 0. The number of amides is 1. The molecule has 2 N–H and O–H groups in total. The molecular weight excluding hydrogens is 254 g/mol. The first-order valence-electron chi connectivity index (χ1n) is 6.43. The Bertz CT molecular complexity index is 716. The molecule has 2 aromatic heterocycles. The number of hydrogen-bond acceptors (Lipinski definition) is 3. The Kier molecular flexibility index (Phi) is 3.20. The van der Waals surface area contributed by atoms with E-state index in [1.54, 1.807) is 12.5 Å². The largest absolute Gasteiger partial charge is 0.349 e. The molecule has 0 bridgehead atoms. The van der Waals surface area contributed by atoms with Gasteiger partial charge >= 0.3 is 0 Å². The number of rotatable bonds is 4. The minimum Gasteiger partial charge on any atom is -0.349 e. The second kappa shape index (κ2) is 5.16. The van der Waals surface area contributed by atoms with E-state index >= 15 is 0 Å². The lowest BCUT2D eigenvalue weighted by Gasteiger charge is -2.14. The molecule has 0 aliphatic rings. The number of aromatic nitrogens is 4. The molecule has 6 heteroatoms. The highest BCUT2D eigenvalue weighted by Gasteiger charge is 2.16. The molecular formula is C14H15N5O. The molecule has 6 nitrogen and oxygen atoms in total. The Morgan fingerprint density at radius 3 is 3.05 bits per heavy atom. The van der Waals surface area contributed by atoms with Crippen molar-refractivity contribution in [2.24, 2.45) is 0 Å². The van der Waals surface area contributed by atoms with Crippen LogP contribution in [0.15, 0.2) is 42.9 Å². The summed E-state index contributed by atoms with van der Waals surface area (Å²) in [6, 6.07) is 9.28. The van der Waals surface area contributed by atoms with Gasteiger partial charge in [0.25, 0.3) is 0 Å². The lowest BCUT2D eigenvalue weighted by molar-refractivity contribution is -0.123. The first-order valence-corrected chi connectivity index (χ1v) is 6.43. The smallest absolute Gasteiger partial charge is 0.243 e. The fraction of sp³-hybridized carbons (Fsp3) is 0.214. The van der Waals surface area contributed by atoms with Crippen LogP contribution in [0.5, 0.6) is 0 Å². The van der Waals surface area contributed by atoms with Gasteiger partial charge < -0.3 is 9.88 Å². The van der Waals surface area contributed by atoms with Crippen molar-refractivity contribution in [3.05, 3.63) is 48.5 Å². The highest BCUT2D eigenvalue weighted by Crippen LogP contribution is 2.17. The first-order chi connectivity index (χ1) is 9.75. The van der Waals surface area contributed by atoms with Gasteiger partial charge in [0.1, 0.15) is 6.04 Å². The molecule has 0 radical (unpaired) electrons. The summed E-state index contributed by atoms with van der Waals surface area (Å²) in [6.07, 6.45) is 3.36. The topological polar surface area (TPSA) is 75.6 Å². The normalized spacial score (nSPS) is 12.4. The Balaban J connectivity index is 1.74. The molecule has 2 heterocycles. The van der Waals surface area contributed by atoms with Gasteiger partial charge in [-0.1, -0.05) is 12.1 Å². The number of carbonyl (C=O) groups excluding carboxylic acids is 1. The van der Waals surface area contributed by atoms with E-state index in [0.29, 0.717) is 6.54 Å². The number of nitrogens with one attached hydrogen (secondary N) is 2. The van der Waals surface area contributed by atoms with Gasteiger partial charge in [0.2, 0.25) is 5.91 Å². The van der Waals surface area contributed by atoms with Crippen LogP contribution >= 0.6 is 0 Å². The Labute approximate surface area is 115 Å². The van der Waals surface area contributed by atoms with Crippen molar-refractivity contribution in [1.29, 1.82) is 0 Å². The van der Waals surface area contributed by atoms with Crippen molar-refractivity contribution in [2.45, 2.75) is 19.5 Å². The zero-order valence-electron chi connectivity index (χ0n) is 11.1. The van der Waals surface area contributed by atoms with Gasteiger partial charge in [-0.05, 0) is 25.1 Å². The summed E-state index contributed by atoms with van der Waals surface area (Å²) in [6.45, 7) is 2.30. The fourth-order valence-corrected chi connectivity index (χ4v) is 2.13. The van der Waals surface area contributed by atoms with Crippen LogP contribution in [0.3, 0.4) is 0 Å². The molecule has 102 valence electrons. The van der Waals surface area contributed by atoms with Gasteiger partial charge in [-0.25, -0.2) is 4.98 Å². The molecule has 3 rings (SSSR count). The molecule has 1 amide bonds. The highest BCUT2D eigenvalue weighted by molar-refractivity contribution is 5.83. The van der Waals surface area contributed by atoms with Crippen LogP contribution < -0.4 is 5.32 Å². The number of aromatic amines is 1. The maximum absolute atomic E-state index is 12.2. The van der Waals surface area contributed by atoms with E-state index in [2.05, 4.69) is 20.5 Å². The first kappa shape index (κ1) is 12.4. The molecule has 1 unspecified atom stereocenters. The summed E-state index contributed by atoms with van der Waals surface area (Å²) >= 11 is 0. The highest BCUT2D eigenvalue weighted by atomic mass is 16.2. The van der Waals surface area contributed by atoms with E-state index < -0.39 is 0 Å². The van der Waals surface area contributed by atoms with Crippen molar-refractivity contribution in [1.82, 2.24) is 25.1 Å². The van der Waals surface area contributed by atoms with Crippen molar-refractivity contribution in [2.75, 3.05) is 0 Å². The minimum absolute atomic E-state index is 0.0530. The van der Waals surface area contributed by atoms with E-state index in [-0.39, 0.29) is 11.9 Å². The van der Waals surface area contributed by atoms with E-state index in [1.165, 1.54) is 0 Å². The van der Waals surface area contributed by atoms with Crippen LogP contribution in [0.1, 0.15) is 18.7 Å². The predicted octanol–water partition coefficient (Wildman–Crippen LogP) is 1.64. The number of benzene rings is 1. The molecule has 0 aliphatic carbocycles. The van der Waals surface area contributed by atoms with Crippen molar-refractivity contribution < 1.29 is 4.79 Å². The zero-order valence-corrected chi connectivity index (χ0v) is 11.1. The van der Waals surface area contributed by atoms with Crippen molar-refractivity contribution >= 4 is 16.9 Å². The third kappa shape index (κ3) is 2.27. The number of fused-ring (bicyclic) bond motifs is 1. The molecule has 0 spiro atoms. The summed E-state index contributed by atoms with van der Waals surface area (Å²) in [4.78, 5) is 16.5. The molecule has 0 saturated carbocycles. The van der Waals surface area contributed by atoms with Crippen LogP contribution in [0, 0.1) is 0 Å². The summed E-state index contributed by atoms with van der Waals surface area (Å²) in [5, 5.41) is 9.54. The second-order valence-corrected chi connectivity index (χ2v) is 4.62. The Morgan fingerprint density at radius 2 is 2.25 bits per heavy atom. The number of nitrogens with zero attached hydrogens (tertiary/aromatic N) is 3. The molecule has 0 aliphatic heterocycles. The number of H-pyrrole nitrogens is 1. The van der Waals surface area contributed by atoms with Gasteiger partial charge in [-0.15, -0.1) is 0 Å². The van der Waals surface area contributed by atoms with Crippen molar-refractivity contribution in [3.8, 4) is 0 Å². The van der Waals surface area contributed by atoms with Gasteiger partial charge in [0, 0.05) is 6.20 Å². The third-order valence-electron chi connectivity index (χ3n) is 3.29. The number of imidazole rings is 1. The molecule has 0 fully saturated rings. The lowest BCUT2D eigenvalue weighted by atomic mass is 10.2. The summed E-state index contributed by atoms with van der Waals surface area (Å²) < 4.78 is 1.87. The monoisotopic (exact) mass is 269 g/mol. The zero-order chi connectivity index (χ0) is 13.9.